The van der Waals surface area contributed by atoms with Crippen LogP contribution in [0.4, 0.5) is 0 Å². The van der Waals surface area contributed by atoms with E-state index < -0.39 is 156 Å². The van der Waals surface area contributed by atoms with Crippen LogP contribution in [0.5, 0.6) is 0 Å². The topological polar surface area (TPSA) is 324 Å². The summed E-state index contributed by atoms with van der Waals surface area (Å²) in [6, 6.07) is 2.87. The molecule has 2 aliphatic heterocycles. The zero-order valence-corrected chi connectivity index (χ0v) is 59.4. The first-order chi connectivity index (χ1) is 45.1. The van der Waals surface area contributed by atoms with Crippen molar-refractivity contribution in [1.29, 1.82) is 0 Å². The summed E-state index contributed by atoms with van der Waals surface area (Å²) in [7, 11) is 8.38. The number of aliphatic hydroxyl groups is 1. The van der Waals surface area contributed by atoms with Gasteiger partial charge in [0.05, 0.1) is 19.1 Å². The summed E-state index contributed by atoms with van der Waals surface area (Å²) in [4.78, 5) is 188. The van der Waals surface area contributed by atoms with Gasteiger partial charge in [-0.15, -0.1) is 0 Å². The molecule has 96 heavy (non-hydrogen) atoms. The standard InChI is InChI=1S/C70H107N13O13/c1-40(2)32-51-66(92)81(16)55(35-47-26-20-18-21-27-47)63(89)73-52(36-48-38-71-50-29-23-22-28-49(48)50)67(93)82(17)56(34-42(5)6)69(95)77(12)39-58(86)78(13)44(9)61(87)76-60(46(11)84)64(90)74-53(68(94)83-30-24-19-25-31-83)37-57(85)75-59(43(7)8)70(96)79(14)45(10)65(91)80(15)54(33-41(3)4)62(88)72-51/h18,20-23,26-29,38,40-46,51-56,59-60,71,84H,19,24-25,30-37,39H2,1-17H3,(H,72,88)(H,73,89)(H,74,90)(H,75,85)(H,76,87)/t44-,45-,46+,51-,52-,53-,54-,55-,56-,59+,60-/m0/s1. The number of aromatic nitrogens is 1. The zero-order valence-electron chi connectivity index (χ0n) is 59.4. The molecule has 3 heterocycles. The van der Waals surface area contributed by atoms with Crippen LogP contribution in [0, 0.1) is 23.7 Å². The van der Waals surface area contributed by atoms with Crippen LogP contribution in [-0.2, 0) is 70.4 Å². The minimum Gasteiger partial charge on any atom is -0.391 e. The Morgan fingerprint density at radius 1 is 0.510 bits per heavy atom. The monoisotopic (exact) mass is 1340 g/mol. The predicted molar refractivity (Wildman–Crippen MR) is 364 cm³/mol. The Balaban J connectivity index is 1.65. The van der Waals surface area contributed by atoms with E-state index in [1.807, 2.05) is 65.8 Å². The SMILES string of the molecule is CC(C)C[C@@H]1NC(=O)[C@H](CC(C)C)N(C)C(=O)[C@H](C)N(C)C(=O)[C@@H](C(C)C)NC(=O)C[C@@H](C(=O)N2CCCCC2)NC(=O)[C@H]([C@@H](C)O)NC(=O)[C@H](C)N(C)C(=O)CN(C)C(=O)[C@H](CC(C)C)N(C)C(=O)[C@H](Cc2c[nH]c3ccccc23)NC(=O)[C@H](Cc2ccccc2)N(C)C1=O. The summed E-state index contributed by atoms with van der Waals surface area (Å²) >= 11 is 0. The number of piperidine rings is 1. The molecule has 2 aromatic carbocycles. The number of carbonyl (C=O) groups is 12. The Morgan fingerprint density at radius 3 is 1.65 bits per heavy atom. The molecule has 2 fully saturated rings. The molecule has 2 saturated heterocycles. The third kappa shape index (κ3) is 20.8. The maximum absolute atomic E-state index is 15.5. The highest BCUT2D eigenvalue weighted by Gasteiger charge is 2.43. The summed E-state index contributed by atoms with van der Waals surface area (Å²) in [6.07, 6.45) is 1.80. The molecule has 0 unspecified atom stereocenters. The molecule has 26 nitrogen and oxygen atoms in total. The number of H-pyrrole nitrogens is 1. The number of amides is 12. The average molecular weight is 1340 g/mol. The molecule has 2 aliphatic rings. The number of rotatable bonds is 13. The highest BCUT2D eigenvalue weighted by molar-refractivity contribution is 6.00. The summed E-state index contributed by atoms with van der Waals surface area (Å²) in [5.41, 5.74) is 2.07. The molecule has 0 aliphatic carbocycles. The average Bonchev–Trinajstić information content (AvgIpc) is 1.28. The van der Waals surface area contributed by atoms with Crippen molar-refractivity contribution in [2.75, 3.05) is 61.9 Å². The second-order valence-corrected chi connectivity index (χ2v) is 27.8. The zero-order chi connectivity index (χ0) is 71.7. The Labute approximate surface area is 566 Å². The molecule has 0 radical (unpaired) electrons. The molecule has 12 amide bonds. The first-order valence-electron chi connectivity index (χ1n) is 33.7. The summed E-state index contributed by atoms with van der Waals surface area (Å²) in [5, 5.41) is 25.5. The van der Waals surface area contributed by atoms with Crippen LogP contribution in [0.15, 0.2) is 60.8 Å². The highest BCUT2D eigenvalue weighted by Crippen LogP contribution is 2.24. The van der Waals surface area contributed by atoms with E-state index in [-0.39, 0.29) is 49.9 Å². The Hall–Kier alpha value is -8.42. The number of hydrogen-bond donors (Lipinski definition) is 7. The lowest BCUT2D eigenvalue weighted by Crippen LogP contribution is -2.62. The van der Waals surface area contributed by atoms with Gasteiger partial charge in [-0.25, -0.2) is 0 Å². The molecule has 26 heteroatoms. The van der Waals surface area contributed by atoms with Crippen molar-refractivity contribution in [3.8, 4) is 0 Å². The van der Waals surface area contributed by atoms with Gasteiger partial charge in [-0.3, -0.25) is 57.5 Å². The number of benzene rings is 2. The van der Waals surface area contributed by atoms with E-state index in [1.165, 1.54) is 82.7 Å². The number of nitrogens with zero attached hydrogens (tertiary/aromatic N) is 7. The maximum atomic E-state index is 15.5. The van der Waals surface area contributed by atoms with E-state index in [1.54, 1.807) is 50.4 Å². The molecule has 7 N–H and O–H groups in total. The lowest BCUT2D eigenvalue weighted by molar-refractivity contribution is -0.150. The van der Waals surface area contributed by atoms with E-state index in [2.05, 4.69) is 31.6 Å². The number of aliphatic hydroxyl groups excluding tert-OH is 1. The smallest absolute Gasteiger partial charge is 0.245 e. The number of carbonyl (C=O) groups excluding carboxylic acids is 12. The molecular weight excluding hydrogens is 1230 g/mol. The van der Waals surface area contributed by atoms with E-state index >= 15 is 14.4 Å². The molecule has 11 atom stereocenters. The molecule has 0 bridgehead atoms. The minimum atomic E-state index is -1.73. The van der Waals surface area contributed by atoms with Gasteiger partial charge in [0.15, 0.2) is 0 Å². The lowest BCUT2D eigenvalue weighted by Gasteiger charge is -2.37. The van der Waals surface area contributed by atoms with Crippen molar-refractivity contribution in [2.45, 2.75) is 200 Å². The minimum absolute atomic E-state index is 0.0445. The van der Waals surface area contributed by atoms with Gasteiger partial charge in [0.25, 0.3) is 0 Å². The molecule has 0 spiro atoms. The van der Waals surface area contributed by atoms with Crippen molar-refractivity contribution in [1.82, 2.24) is 65.9 Å². The number of para-hydroxylation sites is 1. The molecular formula is C70H107N13O13. The molecule has 3 aromatic rings. The molecule has 530 valence electrons. The number of aromatic amines is 1. The molecule has 0 saturated carbocycles. The van der Waals surface area contributed by atoms with Gasteiger partial charge in [0.2, 0.25) is 70.9 Å². The van der Waals surface area contributed by atoms with E-state index in [0.717, 1.165) is 32.0 Å². The van der Waals surface area contributed by atoms with Crippen molar-refractivity contribution in [3.05, 3.63) is 71.9 Å². The van der Waals surface area contributed by atoms with Crippen molar-refractivity contribution < 1.29 is 62.6 Å². The van der Waals surface area contributed by atoms with Crippen LogP contribution < -0.4 is 26.6 Å². The second-order valence-electron chi connectivity index (χ2n) is 27.8. The Morgan fingerprint density at radius 2 is 1.05 bits per heavy atom. The summed E-state index contributed by atoms with van der Waals surface area (Å²) in [6.45, 7) is 18.6. The first-order valence-corrected chi connectivity index (χ1v) is 33.7. The van der Waals surface area contributed by atoms with Crippen LogP contribution >= 0.6 is 0 Å². The van der Waals surface area contributed by atoms with Crippen molar-refractivity contribution >= 4 is 81.8 Å². The van der Waals surface area contributed by atoms with Gasteiger partial charge in [0.1, 0.15) is 60.4 Å². The van der Waals surface area contributed by atoms with Crippen LogP contribution in [0.25, 0.3) is 10.9 Å². The largest absolute Gasteiger partial charge is 0.391 e. The van der Waals surface area contributed by atoms with E-state index in [0.29, 0.717) is 37.1 Å². The summed E-state index contributed by atoms with van der Waals surface area (Å²) < 4.78 is 0. The van der Waals surface area contributed by atoms with Gasteiger partial charge >= 0.3 is 0 Å². The van der Waals surface area contributed by atoms with Gasteiger partial charge in [-0.05, 0) is 100 Å². The molecule has 1 aromatic heterocycles. The number of fused-ring (bicyclic) bond motifs is 1. The van der Waals surface area contributed by atoms with Crippen LogP contribution in [-0.4, -0.2) is 244 Å². The van der Waals surface area contributed by atoms with Crippen LogP contribution in [0.3, 0.4) is 0 Å². The Kier molecular flexibility index (Phi) is 29.0. The highest BCUT2D eigenvalue weighted by atomic mass is 16.3. The number of hydrogen-bond acceptors (Lipinski definition) is 13. The third-order valence-corrected chi connectivity index (χ3v) is 18.4. The third-order valence-electron chi connectivity index (χ3n) is 18.4. The maximum Gasteiger partial charge on any atom is 0.245 e. The van der Waals surface area contributed by atoms with Crippen molar-refractivity contribution in [3.63, 3.8) is 0 Å². The quantitative estimate of drug-likeness (QED) is 0.130. The summed E-state index contributed by atoms with van der Waals surface area (Å²) in [5.74, 6) is -10.0. The van der Waals surface area contributed by atoms with E-state index in [9.17, 15) is 48.3 Å². The number of likely N-dealkylation sites (N-methyl/N-ethyl adjacent to an activating group) is 6. The number of likely N-dealkylation sites (tertiary alicyclic amines) is 1. The Bertz CT molecular complexity index is 3220. The van der Waals surface area contributed by atoms with E-state index in [4.69, 9.17) is 0 Å². The van der Waals surface area contributed by atoms with Gasteiger partial charge in [-0.2, -0.15) is 0 Å². The number of nitrogens with one attached hydrogen (secondary N) is 6. The van der Waals surface area contributed by atoms with Crippen LogP contribution in [0.2, 0.25) is 0 Å². The fraction of sp³-hybridized carbons (Fsp3) is 0.629. The first kappa shape index (κ1) is 78.3. The van der Waals surface area contributed by atoms with Gasteiger partial charge in [-0.1, -0.05) is 104 Å². The molecule has 5 rings (SSSR count). The fourth-order valence-electron chi connectivity index (χ4n) is 12.2. The van der Waals surface area contributed by atoms with Crippen molar-refractivity contribution in [2.24, 2.45) is 23.7 Å². The fourth-order valence-corrected chi connectivity index (χ4v) is 12.2. The van der Waals surface area contributed by atoms with Gasteiger partial charge in [0, 0.05) is 85.3 Å². The van der Waals surface area contributed by atoms with Gasteiger partial charge < -0.3 is 71.0 Å². The lowest BCUT2D eigenvalue weighted by atomic mass is 9.97. The normalized spacial score (nSPS) is 25.6. The van der Waals surface area contributed by atoms with Crippen LogP contribution in [0.1, 0.15) is 132 Å². The second kappa shape index (κ2) is 35.5. The predicted octanol–water partition coefficient (Wildman–Crippen LogP) is 2.60.